The topological polar surface area (TPSA) is 24.5 Å². The predicted octanol–water partition coefficient (Wildman–Crippen LogP) is 4.81. The molecule has 0 aromatic heterocycles. The molecule has 120 valence electrons. The molecule has 1 N–H and O–H groups in total. The number of anilines is 2. The zero-order valence-corrected chi connectivity index (χ0v) is 14.8. The van der Waals surface area contributed by atoms with Crippen LogP contribution < -0.4 is 15.0 Å². The number of nitrogens with zero attached hydrogens (tertiary/aromatic N) is 1. The van der Waals surface area contributed by atoms with Crippen molar-refractivity contribution in [3.63, 3.8) is 0 Å². The van der Waals surface area contributed by atoms with Gasteiger partial charge in [-0.25, -0.2) is 0 Å². The zero-order chi connectivity index (χ0) is 16.4. The van der Waals surface area contributed by atoms with Crippen LogP contribution >= 0.6 is 23.8 Å². The SMILES string of the molecule is COc1ccc2c(c1)CCCN2C(=S)Nc1ccc(Cl)cc1C. The van der Waals surface area contributed by atoms with Crippen LogP contribution in [-0.2, 0) is 6.42 Å². The summed E-state index contributed by atoms with van der Waals surface area (Å²) in [5.74, 6) is 0.887. The molecule has 23 heavy (non-hydrogen) atoms. The fourth-order valence-corrected chi connectivity index (χ4v) is 3.39. The molecule has 0 atom stereocenters. The Morgan fingerprint density at radius 2 is 2.09 bits per heavy atom. The minimum Gasteiger partial charge on any atom is -0.497 e. The van der Waals surface area contributed by atoms with E-state index in [0.717, 1.165) is 47.1 Å². The highest BCUT2D eigenvalue weighted by Crippen LogP contribution is 2.31. The quantitative estimate of drug-likeness (QED) is 0.789. The number of hydrogen-bond donors (Lipinski definition) is 1. The van der Waals surface area contributed by atoms with Gasteiger partial charge in [-0.1, -0.05) is 11.6 Å². The molecule has 0 aliphatic carbocycles. The molecule has 1 aliphatic heterocycles. The number of fused-ring (bicyclic) bond motifs is 1. The van der Waals surface area contributed by atoms with Gasteiger partial charge in [0.1, 0.15) is 5.75 Å². The lowest BCUT2D eigenvalue weighted by molar-refractivity contribution is 0.414. The monoisotopic (exact) mass is 346 g/mol. The highest BCUT2D eigenvalue weighted by atomic mass is 35.5. The van der Waals surface area contributed by atoms with E-state index in [1.165, 1.54) is 5.56 Å². The van der Waals surface area contributed by atoms with Gasteiger partial charge in [0, 0.05) is 22.9 Å². The van der Waals surface area contributed by atoms with Crippen molar-refractivity contribution in [2.24, 2.45) is 0 Å². The maximum Gasteiger partial charge on any atom is 0.177 e. The fourth-order valence-electron chi connectivity index (χ4n) is 2.86. The summed E-state index contributed by atoms with van der Waals surface area (Å²) >= 11 is 11.7. The molecule has 0 fully saturated rings. The first-order chi connectivity index (χ1) is 11.1. The first kappa shape index (κ1) is 16.1. The molecule has 0 amide bonds. The molecular formula is C18H19ClN2OS. The standard InChI is InChI=1S/C18H19ClN2OS/c1-12-10-14(19)5-7-16(12)20-18(23)21-9-3-4-13-11-15(22-2)6-8-17(13)21/h5-8,10-11H,3-4,9H2,1-2H3,(H,20,23). The third-order valence-corrected chi connectivity index (χ3v) is 4.64. The molecule has 0 saturated heterocycles. The summed E-state index contributed by atoms with van der Waals surface area (Å²) < 4.78 is 5.32. The van der Waals surface area contributed by atoms with Crippen molar-refractivity contribution in [1.29, 1.82) is 0 Å². The molecular weight excluding hydrogens is 328 g/mol. The van der Waals surface area contributed by atoms with Gasteiger partial charge in [-0.15, -0.1) is 0 Å². The van der Waals surface area contributed by atoms with Crippen LogP contribution in [0.2, 0.25) is 5.02 Å². The fraction of sp³-hybridized carbons (Fsp3) is 0.278. The van der Waals surface area contributed by atoms with Crippen LogP contribution in [0.4, 0.5) is 11.4 Å². The third-order valence-electron chi connectivity index (χ3n) is 4.08. The van der Waals surface area contributed by atoms with E-state index >= 15 is 0 Å². The van der Waals surface area contributed by atoms with Gasteiger partial charge in [0.05, 0.1) is 7.11 Å². The average molecular weight is 347 g/mol. The number of thiocarbonyl (C=S) groups is 1. The van der Waals surface area contributed by atoms with Crippen LogP contribution in [0.3, 0.4) is 0 Å². The Balaban J connectivity index is 1.84. The number of benzene rings is 2. The van der Waals surface area contributed by atoms with Gasteiger partial charge >= 0.3 is 0 Å². The number of halogens is 1. The van der Waals surface area contributed by atoms with Crippen molar-refractivity contribution in [3.8, 4) is 5.75 Å². The normalized spacial score (nSPS) is 13.4. The van der Waals surface area contributed by atoms with Crippen molar-refractivity contribution in [1.82, 2.24) is 0 Å². The predicted molar refractivity (Wildman–Crippen MR) is 101 cm³/mol. The second kappa shape index (κ2) is 6.77. The molecule has 2 aromatic carbocycles. The van der Waals surface area contributed by atoms with E-state index in [2.05, 4.69) is 22.3 Å². The molecule has 0 unspecified atom stereocenters. The second-order valence-electron chi connectivity index (χ2n) is 5.64. The van der Waals surface area contributed by atoms with Gasteiger partial charge in [0.2, 0.25) is 0 Å². The maximum absolute atomic E-state index is 6.01. The van der Waals surface area contributed by atoms with E-state index in [-0.39, 0.29) is 0 Å². The van der Waals surface area contributed by atoms with E-state index in [4.69, 9.17) is 28.6 Å². The average Bonchev–Trinajstić information content (AvgIpc) is 2.56. The number of nitrogens with one attached hydrogen (secondary N) is 1. The van der Waals surface area contributed by atoms with Crippen molar-refractivity contribution in [2.45, 2.75) is 19.8 Å². The van der Waals surface area contributed by atoms with E-state index in [1.807, 2.05) is 31.2 Å². The van der Waals surface area contributed by atoms with Crippen LogP contribution in [0.1, 0.15) is 17.5 Å². The number of methoxy groups -OCH3 is 1. The molecule has 0 saturated carbocycles. The third kappa shape index (κ3) is 3.43. The zero-order valence-electron chi connectivity index (χ0n) is 13.2. The van der Waals surface area contributed by atoms with Gasteiger partial charge in [-0.3, -0.25) is 0 Å². The van der Waals surface area contributed by atoms with Gasteiger partial charge < -0.3 is 15.0 Å². The molecule has 2 aromatic rings. The smallest absolute Gasteiger partial charge is 0.177 e. The van der Waals surface area contributed by atoms with Crippen molar-refractivity contribution >= 4 is 40.3 Å². The minimum atomic E-state index is 0.710. The Hall–Kier alpha value is -1.78. The van der Waals surface area contributed by atoms with E-state index < -0.39 is 0 Å². The summed E-state index contributed by atoms with van der Waals surface area (Å²) in [5, 5.41) is 4.78. The molecule has 0 radical (unpaired) electrons. The Morgan fingerprint density at radius 1 is 1.26 bits per heavy atom. The van der Waals surface area contributed by atoms with Crippen molar-refractivity contribution < 1.29 is 4.74 Å². The summed E-state index contributed by atoms with van der Waals surface area (Å²) in [5.41, 5.74) is 4.49. The van der Waals surface area contributed by atoms with E-state index in [1.54, 1.807) is 7.11 Å². The number of hydrogen-bond acceptors (Lipinski definition) is 2. The lowest BCUT2D eigenvalue weighted by Gasteiger charge is -2.32. The lowest BCUT2D eigenvalue weighted by Crippen LogP contribution is -2.38. The number of rotatable bonds is 2. The number of aryl methyl sites for hydroxylation is 2. The summed E-state index contributed by atoms with van der Waals surface area (Å²) in [4.78, 5) is 2.15. The molecule has 0 bridgehead atoms. The Kier molecular flexibility index (Phi) is 4.74. The molecule has 3 nitrogen and oxygen atoms in total. The van der Waals surface area contributed by atoms with Gasteiger partial charge in [0.15, 0.2) is 5.11 Å². The summed E-state index contributed by atoms with van der Waals surface area (Å²) in [6, 6.07) is 11.9. The highest BCUT2D eigenvalue weighted by molar-refractivity contribution is 7.80. The first-order valence-electron chi connectivity index (χ1n) is 7.60. The summed E-state index contributed by atoms with van der Waals surface area (Å²) in [6.07, 6.45) is 2.12. The van der Waals surface area contributed by atoms with Crippen LogP contribution in [0.15, 0.2) is 36.4 Å². The largest absolute Gasteiger partial charge is 0.497 e. The number of ether oxygens (including phenoxy) is 1. The molecule has 0 spiro atoms. The molecule has 1 heterocycles. The molecule has 1 aliphatic rings. The molecule has 5 heteroatoms. The second-order valence-corrected chi connectivity index (χ2v) is 6.46. The van der Waals surface area contributed by atoms with Gasteiger partial charge in [-0.05, 0) is 79.5 Å². The maximum atomic E-state index is 6.01. The Bertz CT molecular complexity index is 748. The van der Waals surface area contributed by atoms with Crippen LogP contribution in [0.5, 0.6) is 5.75 Å². The van der Waals surface area contributed by atoms with E-state index in [0.29, 0.717) is 5.11 Å². The Labute approximate surface area is 147 Å². The van der Waals surface area contributed by atoms with E-state index in [9.17, 15) is 0 Å². The van der Waals surface area contributed by atoms with Crippen LogP contribution in [0.25, 0.3) is 0 Å². The minimum absolute atomic E-state index is 0.710. The highest BCUT2D eigenvalue weighted by Gasteiger charge is 2.21. The van der Waals surface area contributed by atoms with Crippen molar-refractivity contribution in [3.05, 3.63) is 52.5 Å². The molecule has 3 rings (SSSR count). The summed E-state index contributed by atoms with van der Waals surface area (Å²) in [7, 11) is 1.69. The summed E-state index contributed by atoms with van der Waals surface area (Å²) in [6.45, 7) is 2.93. The van der Waals surface area contributed by atoms with Crippen molar-refractivity contribution in [2.75, 3.05) is 23.9 Å². The van der Waals surface area contributed by atoms with Gasteiger partial charge in [-0.2, -0.15) is 0 Å². The van der Waals surface area contributed by atoms with Gasteiger partial charge in [0.25, 0.3) is 0 Å². The lowest BCUT2D eigenvalue weighted by atomic mass is 10.0. The Morgan fingerprint density at radius 3 is 2.83 bits per heavy atom. The first-order valence-corrected chi connectivity index (χ1v) is 8.38. The van der Waals surface area contributed by atoms with Crippen LogP contribution in [-0.4, -0.2) is 18.8 Å². The van der Waals surface area contributed by atoms with Crippen LogP contribution in [0, 0.1) is 6.92 Å².